The van der Waals surface area contributed by atoms with Crippen molar-refractivity contribution in [1.29, 1.82) is 5.26 Å². The van der Waals surface area contributed by atoms with Gasteiger partial charge in [0.15, 0.2) is 0 Å². The topological polar surface area (TPSA) is 80.5 Å². The summed E-state index contributed by atoms with van der Waals surface area (Å²) < 4.78 is 6.74. The Bertz CT molecular complexity index is 902. The predicted molar refractivity (Wildman–Crippen MR) is 83.0 cm³/mol. The first-order valence-corrected chi connectivity index (χ1v) is 6.64. The monoisotopic (exact) mass is 291 g/mol. The lowest BCUT2D eigenvalue weighted by Gasteiger charge is -2.04. The van der Waals surface area contributed by atoms with Crippen molar-refractivity contribution in [3.05, 3.63) is 65.5 Å². The molecular weight excluding hydrogens is 278 g/mol. The SMILES string of the molecule is COc1ccc(C(=O)c2c(C#N)c(N)c3ccccn23)cc1. The number of methoxy groups -OCH3 is 1. The van der Waals surface area contributed by atoms with Crippen LogP contribution in [0.1, 0.15) is 21.6 Å². The minimum Gasteiger partial charge on any atom is -0.497 e. The molecule has 0 bridgehead atoms. The van der Waals surface area contributed by atoms with Gasteiger partial charge in [-0.1, -0.05) is 6.07 Å². The first-order valence-electron chi connectivity index (χ1n) is 6.64. The van der Waals surface area contributed by atoms with Crippen LogP contribution in [-0.4, -0.2) is 17.3 Å². The Labute approximate surface area is 127 Å². The summed E-state index contributed by atoms with van der Waals surface area (Å²) in [5.74, 6) is 0.411. The standard InChI is InChI=1S/C17H13N3O2/c1-22-12-7-5-11(6-8-12)17(21)16-13(10-18)15(19)14-4-2-3-9-20(14)16/h2-9H,19H2,1H3. The van der Waals surface area contributed by atoms with E-state index in [9.17, 15) is 10.1 Å². The molecular formula is C17H13N3O2. The molecule has 0 fully saturated rings. The maximum absolute atomic E-state index is 12.8. The fourth-order valence-corrected chi connectivity index (χ4v) is 2.45. The van der Waals surface area contributed by atoms with Crippen LogP contribution in [-0.2, 0) is 0 Å². The fraction of sp³-hybridized carbons (Fsp3) is 0.0588. The number of aromatic nitrogens is 1. The lowest BCUT2D eigenvalue weighted by molar-refractivity contribution is 0.103. The number of hydrogen-bond acceptors (Lipinski definition) is 4. The van der Waals surface area contributed by atoms with E-state index in [2.05, 4.69) is 0 Å². The van der Waals surface area contributed by atoms with Crippen LogP contribution >= 0.6 is 0 Å². The minimum absolute atomic E-state index is 0.201. The summed E-state index contributed by atoms with van der Waals surface area (Å²) in [6.45, 7) is 0. The Morgan fingerprint density at radius 1 is 1.23 bits per heavy atom. The van der Waals surface area contributed by atoms with Crippen LogP contribution in [0.25, 0.3) is 5.52 Å². The summed E-state index contributed by atoms with van der Waals surface area (Å²) in [4.78, 5) is 12.8. The number of ether oxygens (including phenoxy) is 1. The highest BCUT2D eigenvalue weighted by Crippen LogP contribution is 2.27. The van der Waals surface area contributed by atoms with Crippen molar-refractivity contribution >= 4 is 17.0 Å². The largest absolute Gasteiger partial charge is 0.497 e. The Balaban J connectivity index is 2.20. The number of nitrogens with zero attached hydrogens (tertiary/aromatic N) is 2. The molecule has 108 valence electrons. The Kier molecular flexibility index (Phi) is 3.28. The highest BCUT2D eigenvalue weighted by molar-refractivity contribution is 6.12. The van der Waals surface area contributed by atoms with Crippen molar-refractivity contribution < 1.29 is 9.53 Å². The van der Waals surface area contributed by atoms with Crippen LogP contribution < -0.4 is 10.5 Å². The number of nitrogens with two attached hydrogens (primary N) is 1. The van der Waals surface area contributed by atoms with Gasteiger partial charge in [0.2, 0.25) is 5.78 Å². The van der Waals surface area contributed by atoms with E-state index in [0.717, 1.165) is 0 Å². The fourth-order valence-electron chi connectivity index (χ4n) is 2.45. The highest BCUT2D eigenvalue weighted by Gasteiger charge is 2.22. The van der Waals surface area contributed by atoms with E-state index in [-0.39, 0.29) is 17.0 Å². The number of benzene rings is 1. The highest BCUT2D eigenvalue weighted by atomic mass is 16.5. The zero-order valence-electron chi connectivity index (χ0n) is 11.9. The molecule has 3 rings (SSSR count). The van der Waals surface area contributed by atoms with Gasteiger partial charge in [-0.25, -0.2) is 0 Å². The molecule has 0 unspecified atom stereocenters. The number of carbonyl (C=O) groups is 1. The minimum atomic E-state index is -0.253. The summed E-state index contributed by atoms with van der Waals surface area (Å²) in [5, 5.41) is 9.36. The van der Waals surface area contributed by atoms with Gasteiger partial charge in [-0.05, 0) is 36.4 Å². The van der Waals surface area contributed by atoms with Crippen molar-refractivity contribution in [3.8, 4) is 11.8 Å². The predicted octanol–water partition coefficient (Wildman–Crippen LogP) is 2.63. The molecule has 0 aliphatic rings. The molecule has 0 aliphatic carbocycles. The molecule has 2 heterocycles. The summed E-state index contributed by atoms with van der Waals surface area (Å²) in [5.41, 5.74) is 7.92. The number of anilines is 1. The molecule has 0 aliphatic heterocycles. The molecule has 5 nitrogen and oxygen atoms in total. The summed E-state index contributed by atoms with van der Waals surface area (Å²) >= 11 is 0. The maximum atomic E-state index is 12.8. The van der Waals surface area contributed by atoms with Gasteiger partial charge in [-0.3, -0.25) is 4.79 Å². The average Bonchev–Trinajstić information content (AvgIpc) is 2.87. The lowest BCUT2D eigenvalue weighted by atomic mass is 10.1. The quantitative estimate of drug-likeness (QED) is 0.752. The Morgan fingerprint density at radius 3 is 2.59 bits per heavy atom. The average molecular weight is 291 g/mol. The molecule has 0 saturated carbocycles. The van der Waals surface area contributed by atoms with Gasteiger partial charge in [0.1, 0.15) is 23.1 Å². The third-order valence-electron chi connectivity index (χ3n) is 3.56. The molecule has 0 radical (unpaired) electrons. The summed E-state index contributed by atoms with van der Waals surface area (Å²) in [6, 6.07) is 14.2. The normalized spacial score (nSPS) is 10.4. The van der Waals surface area contributed by atoms with Crippen molar-refractivity contribution in [1.82, 2.24) is 4.40 Å². The number of pyridine rings is 1. The van der Waals surface area contributed by atoms with E-state index < -0.39 is 0 Å². The molecule has 1 aromatic carbocycles. The van der Waals surface area contributed by atoms with E-state index in [1.54, 1.807) is 54.1 Å². The van der Waals surface area contributed by atoms with Crippen molar-refractivity contribution in [2.45, 2.75) is 0 Å². The number of rotatable bonds is 3. The van der Waals surface area contributed by atoms with Crippen LogP contribution in [0, 0.1) is 11.3 Å². The number of hydrogen-bond donors (Lipinski definition) is 1. The van der Waals surface area contributed by atoms with Gasteiger partial charge in [0.25, 0.3) is 0 Å². The Hall–Kier alpha value is -3.26. The molecule has 2 N–H and O–H groups in total. The number of carbonyl (C=O) groups excluding carboxylic acids is 1. The van der Waals surface area contributed by atoms with E-state index >= 15 is 0 Å². The van der Waals surface area contributed by atoms with Gasteiger partial charge >= 0.3 is 0 Å². The van der Waals surface area contributed by atoms with Crippen LogP contribution in [0.2, 0.25) is 0 Å². The Morgan fingerprint density at radius 2 is 1.95 bits per heavy atom. The summed E-state index contributed by atoms with van der Waals surface area (Å²) in [6.07, 6.45) is 1.73. The second-order valence-corrected chi connectivity index (χ2v) is 4.76. The van der Waals surface area contributed by atoms with Crippen LogP contribution in [0.5, 0.6) is 5.75 Å². The first-order chi connectivity index (χ1) is 10.7. The zero-order valence-corrected chi connectivity index (χ0v) is 11.9. The molecule has 0 amide bonds. The van der Waals surface area contributed by atoms with Gasteiger partial charge in [-0.2, -0.15) is 5.26 Å². The van der Waals surface area contributed by atoms with E-state index in [1.165, 1.54) is 0 Å². The van der Waals surface area contributed by atoms with Crippen molar-refractivity contribution in [3.63, 3.8) is 0 Å². The lowest BCUT2D eigenvalue weighted by Crippen LogP contribution is -2.07. The zero-order chi connectivity index (χ0) is 15.7. The summed E-state index contributed by atoms with van der Waals surface area (Å²) in [7, 11) is 1.56. The van der Waals surface area contributed by atoms with Crippen molar-refractivity contribution in [2.75, 3.05) is 12.8 Å². The second kappa shape index (κ2) is 5.26. The van der Waals surface area contributed by atoms with Crippen LogP contribution in [0.15, 0.2) is 48.7 Å². The molecule has 5 heteroatoms. The van der Waals surface area contributed by atoms with Gasteiger partial charge in [-0.15, -0.1) is 0 Å². The van der Waals surface area contributed by atoms with Gasteiger partial charge in [0, 0.05) is 11.8 Å². The number of ketones is 1. The molecule has 0 saturated heterocycles. The molecule has 2 aromatic heterocycles. The molecule has 0 spiro atoms. The van der Waals surface area contributed by atoms with E-state index in [0.29, 0.717) is 22.5 Å². The molecule has 3 aromatic rings. The third kappa shape index (κ3) is 1.98. The molecule has 22 heavy (non-hydrogen) atoms. The third-order valence-corrected chi connectivity index (χ3v) is 3.56. The maximum Gasteiger partial charge on any atom is 0.211 e. The first kappa shape index (κ1) is 13.7. The van der Waals surface area contributed by atoms with Crippen LogP contribution in [0.3, 0.4) is 0 Å². The van der Waals surface area contributed by atoms with Crippen molar-refractivity contribution in [2.24, 2.45) is 0 Å². The number of nitriles is 1. The smallest absolute Gasteiger partial charge is 0.211 e. The molecule has 0 atom stereocenters. The van der Waals surface area contributed by atoms with Crippen LogP contribution in [0.4, 0.5) is 5.69 Å². The van der Waals surface area contributed by atoms with Gasteiger partial charge in [0.05, 0.1) is 18.3 Å². The van der Waals surface area contributed by atoms with E-state index in [1.807, 2.05) is 12.1 Å². The number of nitrogen functional groups attached to an aromatic ring is 1. The van der Waals surface area contributed by atoms with Gasteiger partial charge < -0.3 is 14.9 Å². The second-order valence-electron chi connectivity index (χ2n) is 4.76. The van der Waals surface area contributed by atoms with E-state index in [4.69, 9.17) is 10.5 Å². The number of fused-ring (bicyclic) bond motifs is 1.